The van der Waals surface area contributed by atoms with Crippen LogP contribution in [0.2, 0.25) is 5.02 Å². The standard InChI is InChI=1S/C12H17ClN2O4S/c1-4-6-14(5-2)20(18,19)12-8-11(15(16)17)10(13)7-9(12)3/h7-8H,4-6H2,1-3H3. The van der Waals surface area contributed by atoms with E-state index in [1.54, 1.807) is 13.8 Å². The molecule has 0 spiro atoms. The molecule has 6 nitrogen and oxygen atoms in total. The fourth-order valence-corrected chi connectivity index (χ4v) is 3.95. The first-order chi connectivity index (χ1) is 9.25. The molecule has 0 heterocycles. The monoisotopic (exact) mass is 320 g/mol. The highest BCUT2D eigenvalue weighted by atomic mass is 35.5. The van der Waals surface area contributed by atoms with Crippen molar-refractivity contribution in [3.05, 3.63) is 32.8 Å². The average molecular weight is 321 g/mol. The zero-order valence-corrected chi connectivity index (χ0v) is 13.2. The van der Waals surface area contributed by atoms with Gasteiger partial charge in [0.2, 0.25) is 10.0 Å². The zero-order chi connectivity index (χ0) is 15.5. The Bertz CT molecular complexity index is 616. The van der Waals surface area contributed by atoms with Crippen molar-refractivity contribution in [1.29, 1.82) is 0 Å². The van der Waals surface area contributed by atoms with E-state index in [-0.39, 0.29) is 9.92 Å². The van der Waals surface area contributed by atoms with Crippen LogP contribution < -0.4 is 0 Å². The average Bonchev–Trinajstić information content (AvgIpc) is 2.34. The van der Waals surface area contributed by atoms with E-state index in [2.05, 4.69) is 0 Å². The quantitative estimate of drug-likeness (QED) is 0.596. The van der Waals surface area contributed by atoms with Crippen LogP contribution in [0.1, 0.15) is 25.8 Å². The summed E-state index contributed by atoms with van der Waals surface area (Å²) in [6.07, 6.45) is 0.668. The molecule has 0 aliphatic heterocycles. The van der Waals surface area contributed by atoms with Crippen LogP contribution >= 0.6 is 11.6 Å². The van der Waals surface area contributed by atoms with Crippen LogP contribution in [0.15, 0.2) is 17.0 Å². The van der Waals surface area contributed by atoms with Gasteiger partial charge in [-0.05, 0) is 25.0 Å². The van der Waals surface area contributed by atoms with E-state index >= 15 is 0 Å². The maximum absolute atomic E-state index is 12.5. The molecule has 0 aliphatic carbocycles. The Morgan fingerprint density at radius 2 is 1.95 bits per heavy atom. The highest BCUT2D eigenvalue weighted by Gasteiger charge is 2.27. The van der Waals surface area contributed by atoms with Gasteiger partial charge < -0.3 is 0 Å². The molecule has 1 aromatic carbocycles. The fourth-order valence-electron chi connectivity index (χ4n) is 1.90. The van der Waals surface area contributed by atoms with Gasteiger partial charge in [0, 0.05) is 19.2 Å². The van der Waals surface area contributed by atoms with Gasteiger partial charge in [-0.3, -0.25) is 10.1 Å². The molecular formula is C12H17ClN2O4S. The number of nitrogens with zero attached hydrogens (tertiary/aromatic N) is 2. The highest BCUT2D eigenvalue weighted by Crippen LogP contribution is 2.31. The van der Waals surface area contributed by atoms with Crippen LogP contribution in [0.25, 0.3) is 0 Å². The molecule has 0 atom stereocenters. The molecule has 0 fully saturated rings. The Morgan fingerprint density at radius 3 is 2.40 bits per heavy atom. The first kappa shape index (κ1) is 16.9. The Labute approximate surface area is 123 Å². The van der Waals surface area contributed by atoms with Crippen molar-refractivity contribution in [3.63, 3.8) is 0 Å². The summed E-state index contributed by atoms with van der Waals surface area (Å²) in [5, 5.41) is 10.8. The lowest BCUT2D eigenvalue weighted by molar-refractivity contribution is -0.384. The first-order valence-electron chi connectivity index (χ1n) is 6.20. The number of nitro groups is 1. The third kappa shape index (κ3) is 3.28. The Kier molecular flexibility index (Phi) is 5.50. The lowest BCUT2D eigenvalue weighted by Crippen LogP contribution is -2.32. The van der Waals surface area contributed by atoms with Gasteiger partial charge in [0.05, 0.1) is 9.82 Å². The summed E-state index contributed by atoms with van der Waals surface area (Å²) in [4.78, 5) is 10.1. The van der Waals surface area contributed by atoms with Crippen molar-refractivity contribution >= 4 is 27.3 Å². The molecule has 8 heteroatoms. The van der Waals surface area contributed by atoms with E-state index in [1.807, 2.05) is 6.92 Å². The number of halogens is 1. The second kappa shape index (κ2) is 6.51. The van der Waals surface area contributed by atoms with Crippen molar-refractivity contribution < 1.29 is 13.3 Å². The molecular weight excluding hydrogens is 304 g/mol. The predicted molar refractivity (Wildman–Crippen MR) is 77.6 cm³/mol. The fraction of sp³-hybridized carbons (Fsp3) is 0.500. The Balaban J connectivity index is 3.45. The van der Waals surface area contributed by atoms with Gasteiger partial charge >= 0.3 is 0 Å². The van der Waals surface area contributed by atoms with Crippen molar-refractivity contribution in [2.45, 2.75) is 32.1 Å². The predicted octanol–water partition coefficient (Wildman–Crippen LogP) is 2.98. The molecule has 20 heavy (non-hydrogen) atoms. The van der Waals surface area contributed by atoms with Crippen LogP contribution in [0, 0.1) is 17.0 Å². The summed E-state index contributed by atoms with van der Waals surface area (Å²) in [5.74, 6) is 0. The van der Waals surface area contributed by atoms with Crippen LogP contribution in [-0.4, -0.2) is 30.7 Å². The molecule has 0 radical (unpaired) electrons. The molecule has 0 aromatic heterocycles. The molecule has 0 saturated carbocycles. The van der Waals surface area contributed by atoms with E-state index in [9.17, 15) is 18.5 Å². The highest BCUT2D eigenvalue weighted by molar-refractivity contribution is 7.89. The van der Waals surface area contributed by atoms with E-state index in [4.69, 9.17) is 11.6 Å². The molecule has 0 aliphatic rings. The molecule has 112 valence electrons. The molecule has 0 amide bonds. The second-order valence-electron chi connectivity index (χ2n) is 4.32. The van der Waals surface area contributed by atoms with Crippen molar-refractivity contribution in [3.8, 4) is 0 Å². The maximum atomic E-state index is 12.5. The van der Waals surface area contributed by atoms with Gasteiger partial charge in [-0.2, -0.15) is 4.31 Å². The summed E-state index contributed by atoms with van der Waals surface area (Å²) in [6.45, 7) is 5.85. The summed E-state index contributed by atoms with van der Waals surface area (Å²) in [5.41, 5.74) is -0.00135. The number of hydrogen-bond acceptors (Lipinski definition) is 4. The number of aryl methyl sites for hydroxylation is 1. The largest absolute Gasteiger partial charge is 0.289 e. The van der Waals surface area contributed by atoms with E-state index in [1.165, 1.54) is 10.4 Å². The second-order valence-corrected chi connectivity index (χ2v) is 6.64. The normalized spacial score (nSPS) is 11.8. The number of nitro benzene ring substituents is 1. The van der Waals surface area contributed by atoms with E-state index < -0.39 is 20.6 Å². The molecule has 0 bridgehead atoms. The van der Waals surface area contributed by atoms with Gasteiger partial charge in [0.1, 0.15) is 5.02 Å². The Hall–Kier alpha value is -1.18. The first-order valence-corrected chi connectivity index (χ1v) is 8.02. The smallest absolute Gasteiger partial charge is 0.258 e. The van der Waals surface area contributed by atoms with Crippen LogP contribution in [-0.2, 0) is 10.0 Å². The maximum Gasteiger partial charge on any atom is 0.289 e. The molecule has 0 unspecified atom stereocenters. The van der Waals surface area contributed by atoms with Gasteiger partial charge in [-0.1, -0.05) is 25.4 Å². The van der Waals surface area contributed by atoms with Crippen LogP contribution in [0.3, 0.4) is 0 Å². The van der Waals surface area contributed by atoms with Crippen LogP contribution in [0.5, 0.6) is 0 Å². The summed E-state index contributed by atoms with van der Waals surface area (Å²) in [7, 11) is -3.75. The summed E-state index contributed by atoms with van der Waals surface area (Å²) in [6, 6.07) is 2.34. The minimum atomic E-state index is -3.75. The minimum Gasteiger partial charge on any atom is -0.258 e. The van der Waals surface area contributed by atoms with Crippen molar-refractivity contribution in [1.82, 2.24) is 4.31 Å². The minimum absolute atomic E-state index is 0.0648. The zero-order valence-electron chi connectivity index (χ0n) is 11.6. The topological polar surface area (TPSA) is 80.5 Å². The van der Waals surface area contributed by atoms with Crippen LogP contribution in [0.4, 0.5) is 5.69 Å². The number of benzene rings is 1. The molecule has 1 aromatic rings. The lowest BCUT2D eigenvalue weighted by Gasteiger charge is -2.20. The third-order valence-electron chi connectivity index (χ3n) is 2.88. The molecule has 0 saturated heterocycles. The number of sulfonamides is 1. The number of rotatable bonds is 6. The molecule has 1 rings (SSSR count). The summed E-state index contributed by atoms with van der Waals surface area (Å²) < 4.78 is 26.3. The van der Waals surface area contributed by atoms with E-state index in [0.29, 0.717) is 25.1 Å². The van der Waals surface area contributed by atoms with Gasteiger partial charge in [-0.15, -0.1) is 0 Å². The van der Waals surface area contributed by atoms with Crippen molar-refractivity contribution in [2.75, 3.05) is 13.1 Å². The summed E-state index contributed by atoms with van der Waals surface area (Å²) >= 11 is 5.77. The Morgan fingerprint density at radius 1 is 1.35 bits per heavy atom. The SMILES string of the molecule is CCCN(CC)S(=O)(=O)c1cc([N+](=O)[O-])c(Cl)cc1C. The van der Waals surface area contributed by atoms with E-state index in [0.717, 1.165) is 6.07 Å². The lowest BCUT2D eigenvalue weighted by atomic mass is 10.2. The van der Waals surface area contributed by atoms with Crippen molar-refractivity contribution in [2.24, 2.45) is 0 Å². The van der Waals surface area contributed by atoms with Gasteiger partial charge in [0.15, 0.2) is 0 Å². The number of hydrogen-bond donors (Lipinski definition) is 0. The van der Waals surface area contributed by atoms with Gasteiger partial charge in [-0.25, -0.2) is 8.42 Å². The van der Waals surface area contributed by atoms with Gasteiger partial charge in [0.25, 0.3) is 5.69 Å². The molecule has 0 N–H and O–H groups in total. The third-order valence-corrected chi connectivity index (χ3v) is 5.30.